The molecule has 24 heavy (non-hydrogen) atoms. The summed E-state index contributed by atoms with van der Waals surface area (Å²) in [5.41, 5.74) is 8.79. The van der Waals surface area contributed by atoms with E-state index in [1.165, 1.54) is 6.42 Å². The van der Waals surface area contributed by atoms with E-state index >= 15 is 0 Å². The van der Waals surface area contributed by atoms with Crippen LogP contribution in [0, 0.1) is 5.41 Å². The predicted octanol–water partition coefficient (Wildman–Crippen LogP) is 3.50. The van der Waals surface area contributed by atoms with E-state index in [4.69, 9.17) is 5.73 Å². The number of aromatic amines is 1. The molecule has 2 heterocycles. The van der Waals surface area contributed by atoms with E-state index in [0.717, 1.165) is 42.4 Å². The summed E-state index contributed by atoms with van der Waals surface area (Å²) < 4.78 is 0. The second-order valence-electron chi connectivity index (χ2n) is 7.51. The molecule has 0 bridgehead atoms. The summed E-state index contributed by atoms with van der Waals surface area (Å²) >= 11 is 0. The lowest BCUT2D eigenvalue weighted by atomic mass is 9.85. The molecule has 1 saturated heterocycles. The molecule has 0 radical (unpaired) electrons. The molecule has 1 amide bonds. The Morgan fingerprint density at radius 3 is 2.83 bits per heavy atom. The van der Waals surface area contributed by atoms with Crippen molar-refractivity contribution < 1.29 is 4.79 Å². The highest BCUT2D eigenvalue weighted by Crippen LogP contribution is 2.30. The van der Waals surface area contributed by atoms with Crippen LogP contribution in [0.5, 0.6) is 0 Å². The molecule has 0 spiro atoms. The van der Waals surface area contributed by atoms with Crippen molar-refractivity contribution in [1.29, 1.82) is 0 Å². The van der Waals surface area contributed by atoms with Crippen LogP contribution in [0.4, 0.5) is 0 Å². The van der Waals surface area contributed by atoms with Crippen molar-refractivity contribution in [2.24, 2.45) is 11.1 Å². The SMILES string of the molecule is CC1(C)CCCN(C(=O)[C@@H](N)Cc2c[nH]c3ccccc23)CC1.Cl. The van der Waals surface area contributed by atoms with Gasteiger partial charge in [-0.1, -0.05) is 32.0 Å². The minimum Gasteiger partial charge on any atom is -0.361 e. The summed E-state index contributed by atoms with van der Waals surface area (Å²) in [5, 5.41) is 1.16. The summed E-state index contributed by atoms with van der Waals surface area (Å²) in [6.07, 6.45) is 5.86. The second kappa shape index (κ2) is 7.58. The number of benzene rings is 1. The quantitative estimate of drug-likeness (QED) is 0.890. The molecule has 4 nitrogen and oxygen atoms in total. The Morgan fingerprint density at radius 2 is 2.04 bits per heavy atom. The number of rotatable bonds is 3. The van der Waals surface area contributed by atoms with E-state index in [1.807, 2.05) is 29.3 Å². The van der Waals surface area contributed by atoms with Crippen LogP contribution in [0.1, 0.15) is 38.7 Å². The normalized spacial score (nSPS) is 18.7. The Morgan fingerprint density at radius 1 is 1.29 bits per heavy atom. The van der Waals surface area contributed by atoms with Crippen LogP contribution in [0.25, 0.3) is 10.9 Å². The van der Waals surface area contributed by atoms with Crippen LogP contribution < -0.4 is 5.73 Å². The van der Waals surface area contributed by atoms with Crippen molar-refractivity contribution in [1.82, 2.24) is 9.88 Å². The Kier molecular flexibility index (Phi) is 5.94. The van der Waals surface area contributed by atoms with Crippen molar-refractivity contribution in [3.8, 4) is 0 Å². The monoisotopic (exact) mass is 349 g/mol. The van der Waals surface area contributed by atoms with Crippen LogP contribution in [0.3, 0.4) is 0 Å². The number of nitrogens with zero attached hydrogens (tertiary/aromatic N) is 1. The van der Waals surface area contributed by atoms with E-state index in [0.29, 0.717) is 11.8 Å². The summed E-state index contributed by atoms with van der Waals surface area (Å²) in [5.74, 6) is 0.0907. The number of carbonyl (C=O) groups is 1. The number of likely N-dealkylation sites (tertiary alicyclic amines) is 1. The lowest BCUT2D eigenvalue weighted by molar-refractivity contribution is -0.132. The molecule has 0 saturated carbocycles. The number of hydrogen-bond acceptors (Lipinski definition) is 2. The first kappa shape index (κ1) is 18.8. The standard InChI is InChI=1S/C19H27N3O.ClH/c1-19(2)8-5-10-22(11-9-19)18(23)16(20)12-14-13-21-17-7-4-3-6-15(14)17;/h3-4,6-7,13,16,21H,5,8-12,20H2,1-2H3;1H/t16-;/m0./s1. The number of aromatic nitrogens is 1. The van der Waals surface area contributed by atoms with Gasteiger partial charge < -0.3 is 15.6 Å². The molecule has 1 aliphatic heterocycles. The number of amides is 1. The zero-order chi connectivity index (χ0) is 16.4. The smallest absolute Gasteiger partial charge is 0.239 e. The highest BCUT2D eigenvalue weighted by molar-refractivity contribution is 5.86. The molecule has 2 aromatic rings. The Labute approximate surface area is 150 Å². The molecule has 1 atom stereocenters. The number of halogens is 1. The average molecular weight is 350 g/mol. The minimum absolute atomic E-state index is 0. The van der Waals surface area contributed by atoms with Gasteiger partial charge in [-0.2, -0.15) is 0 Å². The summed E-state index contributed by atoms with van der Waals surface area (Å²) in [7, 11) is 0. The van der Waals surface area contributed by atoms with Crippen molar-refractivity contribution >= 4 is 29.2 Å². The molecular weight excluding hydrogens is 322 g/mol. The average Bonchev–Trinajstić information content (AvgIpc) is 2.83. The minimum atomic E-state index is -0.463. The molecule has 1 aromatic heterocycles. The zero-order valence-electron chi connectivity index (χ0n) is 14.5. The Bertz CT molecular complexity index is 695. The number of carbonyl (C=O) groups excluding carboxylic acids is 1. The van der Waals surface area contributed by atoms with E-state index in [-0.39, 0.29) is 18.3 Å². The number of hydrogen-bond donors (Lipinski definition) is 2. The van der Waals surface area contributed by atoms with Gasteiger partial charge in [-0.25, -0.2) is 0 Å². The first-order valence-corrected chi connectivity index (χ1v) is 8.56. The summed E-state index contributed by atoms with van der Waals surface area (Å²) in [6, 6.07) is 7.68. The molecular formula is C19H28ClN3O. The molecule has 5 heteroatoms. The van der Waals surface area contributed by atoms with Gasteiger partial charge in [-0.3, -0.25) is 4.79 Å². The van der Waals surface area contributed by atoms with Gasteiger partial charge in [0.25, 0.3) is 0 Å². The molecule has 3 rings (SSSR count). The van der Waals surface area contributed by atoms with Gasteiger partial charge in [0.15, 0.2) is 0 Å². The van der Waals surface area contributed by atoms with Gasteiger partial charge >= 0.3 is 0 Å². The predicted molar refractivity (Wildman–Crippen MR) is 101 cm³/mol. The first-order valence-electron chi connectivity index (χ1n) is 8.56. The fourth-order valence-electron chi connectivity index (χ4n) is 3.50. The number of H-pyrrole nitrogens is 1. The second-order valence-corrected chi connectivity index (χ2v) is 7.51. The Balaban J connectivity index is 0.00000208. The van der Waals surface area contributed by atoms with Crippen LogP contribution in [0.15, 0.2) is 30.5 Å². The van der Waals surface area contributed by atoms with E-state index < -0.39 is 6.04 Å². The van der Waals surface area contributed by atoms with Crippen LogP contribution in [-0.2, 0) is 11.2 Å². The van der Waals surface area contributed by atoms with Crippen molar-refractivity contribution in [2.45, 2.75) is 45.6 Å². The molecule has 3 N–H and O–H groups in total. The summed E-state index contributed by atoms with van der Waals surface area (Å²) in [4.78, 5) is 17.9. The first-order chi connectivity index (χ1) is 11.0. The van der Waals surface area contributed by atoms with Crippen molar-refractivity contribution in [3.63, 3.8) is 0 Å². The van der Waals surface area contributed by atoms with Gasteiger partial charge in [-0.05, 0) is 42.7 Å². The maximum Gasteiger partial charge on any atom is 0.239 e. The zero-order valence-corrected chi connectivity index (χ0v) is 15.4. The lowest BCUT2D eigenvalue weighted by Crippen LogP contribution is -2.45. The van der Waals surface area contributed by atoms with Gasteiger partial charge in [0.2, 0.25) is 5.91 Å². The molecule has 1 aromatic carbocycles. The fourth-order valence-corrected chi connectivity index (χ4v) is 3.50. The third-order valence-electron chi connectivity index (χ3n) is 5.08. The third kappa shape index (κ3) is 4.11. The molecule has 0 aliphatic carbocycles. The molecule has 0 unspecified atom stereocenters. The maximum absolute atomic E-state index is 12.7. The number of nitrogens with one attached hydrogen (secondary N) is 1. The van der Waals surface area contributed by atoms with Gasteiger partial charge in [0.1, 0.15) is 0 Å². The topological polar surface area (TPSA) is 62.1 Å². The van der Waals surface area contributed by atoms with Crippen LogP contribution in [0.2, 0.25) is 0 Å². The van der Waals surface area contributed by atoms with Gasteiger partial charge in [0, 0.05) is 30.2 Å². The van der Waals surface area contributed by atoms with Gasteiger partial charge in [0.05, 0.1) is 6.04 Å². The van der Waals surface area contributed by atoms with Crippen molar-refractivity contribution in [2.75, 3.05) is 13.1 Å². The van der Waals surface area contributed by atoms with Gasteiger partial charge in [-0.15, -0.1) is 12.4 Å². The molecule has 1 fully saturated rings. The third-order valence-corrected chi connectivity index (χ3v) is 5.08. The highest BCUT2D eigenvalue weighted by atomic mass is 35.5. The maximum atomic E-state index is 12.7. The summed E-state index contributed by atoms with van der Waals surface area (Å²) in [6.45, 7) is 6.23. The lowest BCUT2D eigenvalue weighted by Gasteiger charge is -2.25. The van der Waals surface area contributed by atoms with Crippen LogP contribution in [-0.4, -0.2) is 34.9 Å². The molecule has 1 aliphatic rings. The fraction of sp³-hybridized carbons (Fsp3) is 0.526. The van der Waals surface area contributed by atoms with E-state index in [2.05, 4.69) is 24.9 Å². The highest BCUT2D eigenvalue weighted by Gasteiger charge is 2.28. The number of fused-ring (bicyclic) bond motifs is 1. The Hall–Kier alpha value is -1.52. The van der Waals surface area contributed by atoms with E-state index in [1.54, 1.807) is 0 Å². The van der Waals surface area contributed by atoms with E-state index in [9.17, 15) is 4.79 Å². The van der Waals surface area contributed by atoms with Crippen LogP contribution >= 0.6 is 12.4 Å². The van der Waals surface area contributed by atoms with Crippen molar-refractivity contribution in [3.05, 3.63) is 36.0 Å². The number of para-hydroxylation sites is 1. The molecule has 132 valence electrons. The largest absolute Gasteiger partial charge is 0.361 e. The number of nitrogens with two attached hydrogens (primary N) is 1.